The quantitative estimate of drug-likeness (QED) is 0.438. The number of hydrogen-bond donors (Lipinski definition) is 2. The summed E-state index contributed by atoms with van der Waals surface area (Å²) >= 11 is 3.52. The van der Waals surface area contributed by atoms with E-state index in [1.165, 1.54) is 0 Å². The molecule has 0 bridgehead atoms. The number of benzene rings is 1. The highest BCUT2D eigenvalue weighted by atomic mass is 79.9. The van der Waals surface area contributed by atoms with Crippen molar-refractivity contribution >= 4 is 37.5 Å². The summed E-state index contributed by atoms with van der Waals surface area (Å²) in [5.41, 5.74) is 1.71. The first kappa shape index (κ1) is 21.7. The van der Waals surface area contributed by atoms with E-state index in [1.54, 1.807) is 18.5 Å². The van der Waals surface area contributed by atoms with Gasteiger partial charge < -0.3 is 5.32 Å². The largest absolute Gasteiger partial charge is 0.326 e. The van der Waals surface area contributed by atoms with Gasteiger partial charge in [-0.25, -0.2) is 13.1 Å². The van der Waals surface area contributed by atoms with E-state index in [-0.39, 0.29) is 11.9 Å². The molecule has 0 fully saturated rings. The first-order chi connectivity index (χ1) is 12.7. The molecule has 1 amide bonds. The number of carbonyl (C=O) groups excluding carboxylic acids is 1. The number of anilines is 1. The first-order valence-electron chi connectivity index (χ1n) is 8.88. The standard InChI is InChI=1S/C18H25BrN4O3S/c1-13(2)27(25,26)20-10-5-4-9-17(24)21-15-8-6-7-14(11-15)18-16(19)12-23(3)22-18/h6-8,11-13,18,20H,4-5,9-10H2,1-3H3/p+1. The van der Waals surface area contributed by atoms with Gasteiger partial charge in [0.05, 0.1) is 9.73 Å². The average Bonchev–Trinajstić information content (AvgIpc) is 2.93. The number of amides is 1. The predicted molar refractivity (Wildman–Crippen MR) is 109 cm³/mol. The second-order valence-electron chi connectivity index (χ2n) is 6.72. The molecule has 1 atom stereocenters. The fraction of sp³-hybridized carbons (Fsp3) is 0.500. The summed E-state index contributed by atoms with van der Waals surface area (Å²) in [4.78, 5) is 12.1. The maximum atomic E-state index is 12.1. The van der Waals surface area contributed by atoms with Crippen LogP contribution < -0.4 is 10.0 Å². The zero-order valence-electron chi connectivity index (χ0n) is 15.8. The van der Waals surface area contributed by atoms with Gasteiger partial charge >= 0.3 is 0 Å². The molecule has 1 heterocycles. The van der Waals surface area contributed by atoms with Crippen LogP contribution in [0.2, 0.25) is 0 Å². The monoisotopic (exact) mass is 457 g/mol. The molecule has 1 aliphatic heterocycles. The Morgan fingerprint density at radius 2 is 2.07 bits per heavy atom. The van der Waals surface area contributed by atoms with Crippen molar-refractivity contribution in [3.05, 3.63) is 40.5 Å². The molecule has 1 aliphatic rings. The Morgan fingerprint density at radius 1 is 1.33 bits per heavy atom. The van der Waals surface area contributed by atoms with E-state index >= 15 is 0 Å². The summed E-state index contributed by atoms with van der Waals surface area (Å²) < 4.78 is 28.6. The van der Waals surface area contributed by atoms with Crippen LogP contribution >= 0.6 is 15.9 Å². The lowest BCUT2D eigenvalue weighted by Gasteiger charge is -2.10. The number of nitrogens with one attached hydrogen (secondary N) is 2. The molecule has 0 radical (unpaired) electrons. The molecule has 2 N–H and O–H groups in total. The maximum Gasteiger partial charge on any atom is 0.224 e. The first-order valence-corrected chi connectivity index (χ1v) is 11.2. The lowest BCUT2D eigenvalue weighted by molar-refractivity contribution is -0.493. The van der Waals surface area contributed by atoms with Crippen molar-refractivity contribution in [1.29, 1.82) is 0 Å². The second kappa shape index (κ2) is 9.57. The summed E-state index contributed by atoms with van der Waals surface area (Å²) in [6.07, 6.45) is 3.48. The van der Waals surface area contributed by atoms with Crippen LogP contribution in [0.3, 0.4) is 0 Å². The van der Waals surface area contributed by atoms with Gasteiger partial charge in [0.2, 0.25) is 22.1 Å². The molecular formula is C18H26BrN4O3S+. The van der Waals surface area contributed by atoms with Crippen molar-refractivity contribution in [2.45, 2.75) is 44.4 Å². The molecule has 1 aromatic carbocycles. The van der Waals surface area contributed by atoms with Crippen molar-refractivity contribution in [3.63, 3.8) is 0 Å². The number of azo groups is 2. The van der Waals surface area contributed by atoms with Crippen molar-refractivity contribution in [2.24, 2.45) is 5.11 Å². The number of nitrogens with zero attached hydrogens (tertiary/aromatic N) is 2. The Labute approximate surface area is 169 Å². The summed E-state index contributed by atoms with van der Waals surface area (Å²) in [7, 11) is -1.37. The number of carbonyl (C=O) groups is 1. The lowest BCUT2D eigenvalue weighted by atomic mass is 10.1. The number of unbranched alkanes of at least 4 members (excludes halogenated alkanes) is 1. The Hall–Kier alpha value is -1.58. The Kier molecular flexibility index (Phi) is 7.69. The van der Waals surface area contributed by atoms with Gasteiger partial charge in [-0.1, -0.05) is 16.8 Å². The minimum atomic E-state index is -3.24. The normalized spacial score (nSPS) is 17.0. The maximum absolute atomic E-state index is 12.1. The van der Waals surface area contributed by atoms with Gasteiger partial charge in [-0.3, -0.25) is 4.79 Å². The van der Waals surface area contributed by atoms with E-state index in [1.807, 2.05) is 37.5 Å². The van der Waals surface area contributed by atoms with Crippen molar-refractivity contribution in [2.75, 3.05) is 18.9 Å². The van der Waals surface area contributed by atoms with Crippen LogP contribution in [0, 0.1) is 0 Å². The van der Waals surface area contributed by atoms with E-state index in [9.17, 15) is 13.2 Å². The summed E-state index contributed by atoms with van der Waals surface area (Å²) in [5.74, 6) is -0.0889. The molecule has 27 heavy (non-hydrogen) atoms. The zero-order valence-corrected chi connectivity index (χ0v) is 18.2. The third-order valence-corrected chi connectivity index (χ3v) is 6.60. The van der Waals surface area contributed by atoms with E-state index in [4.69, 9.17) is 0 Å². The molecule has 148 valence electrons. The zero-order chi connectivity index (χ0) is 20.0. The number of sulfonamides is 1. The van der Waals surface area contributed by atoms with Gasteiger partial charge in [-0.05, 0) is 65.4 Å². The van der Waals surface area contributed by atoms with Crippen LogP contribution in [0.25, 0.3) is 0 Å². The van der Waals surface area contributed by atoms with Gasteiger partial charge in [0.15, 0.2) is 13.1 Å². The van der Waals surface area contributed by atoms with Crippen LogP contribution in [0.1, 0.15) is 44.7 Å². The molecule has 0 aromatic heterocycles. The summed E-state index contributed by atoms with van der Waals surface area (Å²) in [5, 5.41) is 6.93. The molecule has 7 nitrogen and oxygen atoms in total. The highest BCUT2D eigenvalue weighted by Gasteiger charge is 2.25. The fourth-order valence-electron chi connectivity index (χ4n) is 2.55. The highest BCUT2D eigenvalue weighted by Crippen LogP contribution is 2.34. The summed E-state index contributed by atoms with van der Waals surface area (Å²) in [6.45, 7) is 3.62. The van der Waals surface area contributed by atoms with Crippen molar-refractivity contribution in [1.82, 2.24) is 4.72 Å². The van der Waals surface area contributed by atoms with Crippen LogP contribution in [0.5, 0.6) is 0 Å². The molecule has 1 unspecified atom stereocenters. The molecule has 0 spiro atoms. The molecule has 2 rings (SSSR count). The number of rotatable bonds is 9. The van der Waals surface area contributed by atoms with E-state index in [0.29, 0.717) is 25.8 Å². The van der Waals surface area contributed by atoms with E-state index in [0.717, 1.165) is 15.7 Å². The molecule has 0 saturated carbocycles. The molecular weight excluding hydrogens is 432 g/mol. The van der Waals surface area contributed by atoms with Gasteiger partial charge in [-0.2, -0.15) is 0 Å². The molecule has 9 heteroatoms. The van der Waals surface area contributed by atoms with Gasteiger partial charge in [0.25, 0.3) is 0 Å². The van der Waals surface area contributed by atoms with Crippen LogP contribution in [0.15, 0.2) is 40.1 Å². The Morgan fingerprint density at radius 3 is 2.70 bits per heavy atom. The molecule has 1 aromatic rings. The predicted octanol–water partition coefficient (Wildman–Crippen LogP) is 3.51. The topological polar surface area (TPSA) is 90.6 Å². The van der Waals surface area contributed by atoms with Gasteiger partial charge in [0.1, 0.15) is 0 Å². The second-order valence-corrected chi connectivity index (χ2v) is 9.96. The van der Waals surface area contributed by atoms with Crippen LogP contribution in [-0.4, -0.2) is 37.9 Å². The van der Waals surface area contributed by atoms with Gasteiger partial charge in [0, 0.05) is 18.7 Å². The Balaban J connectivity index is 1.80. The third-order valence-electron chi connectivity index (χ3n) is 4.11. The SMILES string of the molecule is CC(C)S(=O)(=O)NCCCCC(=O)Nc1cccc(C2N=[N+](C)C=C2Br)c1. The molecule has 0 aliphatic carbocycles. The van der Waals surface area contributed by atoms with Crippen LogP contribution in [0.4, 0.5) is 5.69 Å². The lowest BCUT2D eigenvalue weighted by Crippen LogP contribution is -2.31. The summed E-state index contributed by atoms with van der Waals surface area (Å²) in [6, 6.07) is 7.52. The van der Waals surface area contributed by atoms with Crippen molar-refractivity contribution in [3.8, 4) is 0 Å². The minimum absolute atomic E-state index is 0.0889. The minimum Gasteiger partial charge on any atom is -0.326 e. The van der Waals surface area contributed by atoms with E-state index < -0.39 is 15.3 Å². The smallest absolute Gasteiger partial charge is 0.224 e. The number of halogens is 1. The van der Waals surface area contributed by atoms with Crippen molar-refractivity contribution < 1.29 is 17.9 Å². The average molecular weight is 458 g/mol. The van der Waals surface area contributed by atoms with E-state index in [2.05, 4.69) is 31.1 Å². The van der Waals surface area contributed by atoms with Gasteiger partial charge in [-0.15, -0.1) is 0 Å². The third kappa shape index (κ3) is 6.51. The Bertz CT molecular complexity index is 850. The fourth-order valence-corrected chi connectivity index (χ4v) is 3.96. The van der Waals surface area contributed by atoms with Crippen LogP contribution in [-0.2, 0) is 14.8 Å². The molecule has 0 saturated heterocycles. The number of hydrogen-bond acceptors (Lipinski definition) is 4. The highest BCUT2D eigenvalue weighted by molar-refractivity contribution is 9.11.